The van der Waals surface area contributed by atoms with Gasteiger partial charge in [-0.25, -0.2) is 9.18 Å². The normalized spacial score (nSPS) is 21.6. The van der Waals surface area contributed by atoms with E-state index in [0.717, 1.165) is 19.3 Å². The predicted molar refractivity (Wildman–Crippen MR) is 87.0 cm³/mol. The molecule has 0 heterocycles. The Balaban J connectivity index is 1.73. The molecule has 3 atom stereocenters. The van der Waals surface area contributed by atoms with Crippen molar-refractivity contribution in [3.05, 3.63) is 30.1 Å². The summed E-state index contributed by atoms with van der Waals surface area (Å²) in [6, 6.07) is 5.46. The molecule has 1 aromatic carbocycles. The number of halogens is 1. The third-order valence-corrected chi connectivity index (χ3v) is 4.29. The Bertz CT molecular complexity index is 561. The highest BCUT2D eigenvalue weighted by Crippen LogP contribution is 2.23. The van der Waals surface area contributed by atoms with E-state index in [1.54, 1.807) is 6.92 Å². The van der Waals surface area contributed by atoms with Crippen molar-refractivity contribution in [1.82, 2.24) is 5.32 Å². The molecule has 1 amide bonds. The molecule has 0 aliphatic heterocycles. The summed E-state index contributed by atoms with van der Waals surface area (Å²) < 4.78 is 23.1. The summed E-state index contributed by atoms with van der Waals surface area (Å²) in [6.45, 7) is 3.33. The summed E-state index contributed by atoms with van der Waals surface area (Å²) in [4.78, 5) is 23.9. The van der Waals surface area contributed by atoms with Crippen molar-refractivity contribution < 1.29 is 23.5 Å². The van der Waals surface area contributed by atoms with Gasteiger partial charge in [0.1, 0.15) is 11.6 Å². The fraction of sp³-hybridized carbons (Fsp3) is 0.556. The number of hydrogen-bond donors (Lipinski definition) is 1. The average molecular weight is 337 g/mol. The molecule has 132 valence electrons. The monoisotopic (exact) mass is 337 g/mol. The van der Waals surface area contributed by atoms with Crippen LogP contribution in [0.5, 0.6) is 5.75 Å². The summed E-state index contributed by atoms with van der Waals surface area (Å²) in [5.41, 5.74) is 0. The van der Waals surface area contributed by atoms with E-state index in [1.807, 2.05) is 0 Å². The fourth-order valence-electron chi connectivity index (χ4n) is 2.79. The molecule has 5 nitrogen and oxygen atoms in total. The minimum atomic E-state index is -0.872. The Labute approximate surface area is 141 Å². The average Bonchev–Trinajstić information content (AvgIpc) is 2.56. The first kappa shape index (κ1) is 18.2. The molecular weight excluding hydrogens is 313 g/mol. The van der Waals surface area contributed by atoms with Gasteiger partial charge in [-0.05, 0) is 49.9 Å². The molecule has 2 rings (SSSR count). The first-order valence-electron chi connectivity index (χ1n) is 8.34. The van der Waals surface area contributed by atoms with Crippen LogP contribution in [0.15, 0.2) is 24.3 Å². The molecule has 0 saturated heterocycles. The van der Waals surface area contributed by atoms with Crippen LogP contribution in [0, 0.1) is 11.7 Å². The number of benzene rings is 1. The molecule has 1 fully saturated rings. The van der Waals surface area contributed by atoms with E-state index in [4.69, 9.17) is 9.47 Å². The lowest BCUT2D eigenvalue weighted by Gasteiger charge is -2.30. The SMILES string of the molecule is C[C@@H](OC(=O)COc1ccc(F)cc1)C(=O)N[C@@H]1CCCC[C@@H]1C. The van der Waals surface area contributed by atoms with Crippen molar-refractivity contribution in [1.29, 1.82) is 0 Å². The van der Waals surface area contributed by atoms with Crippen LogP contribution in [-0.2, 0) is 14.3 Å². The summed E-state index contributed by atoms with van der Waals surface area (Å²) in [5.74, 6) is -0.511. The number of hydrogen-bond acceptors (Lipinski definition) is 4. The summed E-state index contributed by atoms with van der Waals surface area (Å²) in [7, 11) is 0. The highest BCUT2D eigenvalue weighted by Gasteiger charge is 2.26. The van der Waals surface area contributed by atoms with Crippen LogP contribution >= 0.6 is 0 Å². The Morgan fingerprint density at radius 3 is 2.58 bits per heavy atom. The van der Waals surface area contributed by atoms with E-state index >= 15 is 0 Å². The van der Waals surface area contributed by atoms with Crippen molar-refractivity contribution in [2.45, 2.75) is 51.7 Å². The third-order valence-electron chi connectivity index (χ3n) is 4.29. The zero-order valence-corrected chi connectivity index (χ0v) is 14.1. The standard InChI is InChI=1S/C18H24FNO4/c1-12-5-3-4-6-16(12)20-18(22)13(2)24-17(21)11-23-15-9-7-14(19)8-10-15/h7-10,12-13,16H,3-6,11H2,1-2H3,(H,20,22)/t12-,13+,16+/m0/s1. The molecule has 1 aliphatic carbocycles. The molecule has 0 radical (unpaired) electrons. The lowest BCUT2D eigenvalue weighted by atomic mass is 9.86. The Morgan fingerprint density at radius 1 is 1.25 bits per heavy atom. The Hall–Kier alpha value is -2.11. The van der Waals surface area contributed by atoms with E-state index in [-0.39, 0.29) is 24.4 Å². The smallest absolute Gasteiger partial charge is 0.344 e. The van der Waals surface area contributed by atoms with Gasteiger partial charge < -0.3 is 14.8 Å². The van der Waals surface area contributed by atoms with Crippen molar-refractivity contribution >= 4 is 11.9 Å². The molecule has 0 spiro atoms. The van der Waals surface area contributed by atoms with Gasteiger partial charge >= 0.3 is 5.97 Å². The van der Waals surface area contributed by atoms with Crippen molar-refractivity contribution in [3.63, 3.8) is 0 Å². The highest BCUT2D eigenvalue weighted by atomic mass is 19.1. The van der Waals surface area contributed by atoms with Crippen molar-refractivity contribution in [2.75, 3.05) is 6.61 Å². The van der Waals surface area contributed by atoms with Gasteiger partial charge in [-0.2, -0.15) is 0 Å². The van der Waals surface area contributed by atoms with Crippen LogP contribution in [-0.4, -0.2) is 30.6 Å². The number of carbonyl (C=O) groups excluding carboxylic acids is 2. The summed E-state index contributed by atoms with van der Waals surface area (Å²) in [6.07, 6.45) is 3.49. The Morgan fingerprint density at radius 2 is 1.92 bits per heavy atom. The van der Waals surface area contributed by atoms with Gasteiger partial charge in [0.05, 0.1) is 0 Å². The van der Waals surface area contributed by atoms with E-state index in [2.05, 4.69) is 12.2 Å². The van der Waals surface area contributed by atoms with E-state index in [9.17, 15) is 14.0 Å². The number of esters is 1. The number of ether oxygens (including phenoxy) is 2. The van der Waals surface area contributed by atoms with E-state index in [0.29, 0.717) is 11.7 Å². The second-order valence-corrected chi connectivity index (χ2v) is 6.25. The quantitative estimate of drug-likeness (QED) is 0.811. The topological polar surface area (TPSA) is 64.6 Å². The van der Waals surface area contributed by atoms with Crippen LogP contribution in [0.25, 0.3) is 0 Å². The van der Waals surface area contributed by atoms with Crippen LogP contribution in [0.1, 0.15) is 39.5 Å². The lowest BCUT2D eigenvalue weighted by molar-refractivity contribution is -0.157. The molecule has 1 aliphatic rings. The molecule has 24 heavy (non-hydrogen) atoms. The number of rotatable bonds is 6. The number of amides is 1. The van der Waals surface area contributed by atoms with Crippen molar-refractivity contribution in [2.24, 2.45) is 5.92 Å². The summed E-state index contributed by atoms with van der Waals surface area (Å²) in [5, 5.41) is 2.96. The van der Waals surface area contributed by atoms with Gasteiger partial charge in [-0.15, -0.1) is 0 Å². The van der Waals surface area contributed by atoms with Gasteiger partial charge in [-0.3, -0.25) is 4.79 Å². The number of carbonyl (C=O) groups is 2. The van der Waals surface area contributed by atoms with Crippen LogP contribution in [0.3, 0.4) is 0 Å². The highest BCUT2D eigenvalue weighted by molar-refractivity contribution is 5.83. The maximum atomic E-state index is 12.8. The molecule has 0 bridgehead atoms. The van der Waals surface area contributed by atoms with Gasteiger partial charge in [0.25, 0.3) is 5.91 Å². The van der Waals surface area contributed by atoms with Crippen LogP contribution < -0.4 is 10.1 Å². The molecule has 0 aromatic heterocycles. The molecule has 1 saturated carbocycles. The second kappa shape index (κ2) is 8.66. The maximum Gasteiger partial charge on any atom is 0.344 e. The zero-order chi connectivity index (χ0) is 17.5. The minimum Gasteiger partial charge on any atom is -0.482 e. The largest absolute Gasteiger partial charge is 0.482 e. The first-order chi connectivity index (χ1) is 11.5. The van der Waals surface area contributed by atoms with E-state index in [1.165, 1.54) is 30.7 Å². The Kier molecular flexibility index (Phi) is 6.58. The molecular formula is C18H24FNO4. The molecule has 1 N–H and O–H groups in total. The zero-order valence-electron chi connectivity index (χ0n) is 14.1. The summed E-state index contributed by atoms with van der Waals surface area (Å²) >= 11 is 0. The second-order valence-electron chi connectivity index (χ2n) is 6.25. The molecule has 6 heteroatoms. The van der Waals surface area contributed by atoms with Gasteiger partial charge in [0, 0.05) is 6.04 Å². The molecule has 0 unspecified atom stereocenters. The van der Waals surface area contributed by atoms with Gasteiger partial charge in [0.15, 0.2) is 12.7 Å². The lowest BCUT2D eigenvalue weighted by Crippen LogP contribution is -2.46. The first-order valence-corrected chi connectivity index (χ1v) is 8.34. The third kappa shape index (κ3) is 5.51. The molecule has 1 aromatic rings. The van der Waals surface area contributed by atoms with Crippen LogP contribution in [0.2, 0.25) is 0 Å². The fourth-order valence-corrected chi connectivity index (χ4v) is 2.79. The van der Waals surface area contributed by atoms with E-state index < -0.39 is 12.1 Å². The maximum absolute atomic E-state index is 12.8. The minimum absolute atomic E-state index is 0.142. The predicted octanol–water partition coefficient (Wildman–Crippen LogP) is 2.83. The van der Waals surface area contributed by atoms with Gasteiger partial charge in [0.2, 0.25) is 0 Å². The van der Waals surface area contributed by atoms with Crippen molar-refractivity contribution in [3.8, 4) is 5.75 Å². The van der Waals surface area contributed by atoms with Gasteiger partial charge in [-0.1, -0.05) is 19.8 Å². The number of nitrogens with one attached hydrogen (secondary N) is 1. The van der Waals surface area contributed by atoms with Crippen LogP contribution in [0.4, 0.5) is 4.39 Å².